The molecule has 0 saturated carbocycles. The van der Waals surface area contributed by atoms with E-state index in [1.807, 2.05) is 0 Å². The van der Waals surface area contributed by atoms with Crippen molar-refractivity contribution in [2.24, 2.45) is 11.7 Å². The molecule has 4 N–H and O–H groups in total. The molecule has 25 heavy (non-hydrogen) atoms. The van der Waals surface area contributed by atoms with Crippen molar-refractivity contribution in [3.63, 3.8) is 0 Å². The molecule has 0 aromatic heterocycles. The van der Waals surface area contributed by atoms with Crippen LogP contribution in [0.5, 0.6) is 5.75 Å². The van der Waals surface area contributed by atoms with Crippen LogP contribution in [0.15, 0.2) is 12.1 Å². The van der Waals surface area contributed by atoms with Crippen LogP contribution in [0.3, 0.4) is 0 Å². The zero-order chi connectivity index (χ0) is 18.2. The first-order valence-corrected chi connectivity index (χ1v) is 10.7. The van der Waals surface area contributed by atoms with Gasteiger partial charge in [0.2, 0.25) is 10.0 Å². The van der Waals surface area contributed by atoms with E-state index in [0.29, 0.717) is 49.5 Å². The number of benzene rings is 1. The summed E-state index contributed by atoms with van der Waals surface area (Å²) in [5.74, 6) is 0.102. The van der Waals surface area contributed by atoms with E-state index in [9.17, 15) is 13.5 Å². The molecule has 0 aliphatic carbocycles. The van der Waals surface area contributed by atoms with Gasteiger partial charge in [-0.3, -0.25) is 0 Å². The summed E-state index contributed by atoms with van der Waals surface area (Å²) >= 11 is 11.9. The number of nitrogens with zero attached hydrogens (tertiary/aromatic N) is 1. The number of phenolic OH excluding ortho intramolecular Hbond substituents is 1. The molecule has 140 valence electrons. The number of sulfonamides is 1. The van der Waals surface area contributed by atoms with Gasteiger partial charge in [-0.1, -0.05) is 23.2 Å². The summed E-state index contributed by atoms with van der Waals surface area (Å²) < 4.78 is 26.9. The minimum atomic E-state index is -3.25. The molecule has 2 heterocycles. The van der Waals surface area contributed by atoms with Crippen molar-refractivity contribution < 1.29 is 13.5 Å². The number of piperidine rings is 1. The van der Waals surface area contributed by atoms with E-state index in [2.05, 4.69) is 5.32 Å². The lowest BCUT2D eigenvalue weighted by Gasteiger charge is -2.35. The number of halogens is 2. The highest BCUT2D eigenvalue weighted by Gasteiger charge is 2.37. The number of nitrogens with one attached hydrogen (secondary N) is 1. The van der Waals surface area contributed by atoms with Gasteiger partial charge in [0, 0.05) is 37.3 Å². The Labute approximate surface area is 158 Å². The molecule has 2 fully saturated rings. The fourth-order valence-electron chi connectivity index (χ4n) is 3.66. The molecule has 2 saturated heterocycles. The van der Waals surface area contributed by atoms with Crippen LogP contribution in [0.2, 0.25) is 10.0 Å². The lowest BCUT2D eigenvalue weighted by molar-refractivity contribution is 0.242. The molecule has 0 amide bonds. The maximum Gasteiger partial charge on any atom is 0.218 e. The third kappa shape index (κ3) is 3.91. The molecule has 2 aliphatic heterocycles. The zero-order valence-electron chi connectivity index (χ0n) is 13.8. The van der Waals surface area contributed by atoms with Gasteiger partial charge in [0.05, 0.1) is 15.3 Å². The lowest BCUT2D eigenvalue weighted by atomic mass is 9.86. The molecule has 0 bridgehead atoms. The van der Waals surface area contributed by atoms with Crippen molar-refractivity contribution in [1.29, 1.82) is 0 Å². The van der Waals surface area contributed by atoms with Crippen LogP contribution in [-0.2, 0) is 10.0 Å². The van der Waals surface area contributed by atoms with Crippen molar-refractivity contribution >= 4 is 33.2 Å². The average molecular weight is 408 g/mol. The molecule has 0 spiro atoms. The number of hydrogen-bond donors (Lipinski definition) is 3. The summed E-state index contributed by atoms with van der Waals surface area (Å²) in [7, 11) is -3.25. The van der Waals surface area contributed by atoms with Gasteiger partial charge in [0.1, 0.15) is 5.75 Å². The van der Waals surface area contributed by atoms with Gasteiger partial charge >= 0.3 is 0 Å². The Morgan fingerprint density at radius 3 is 2.44 bits per heavy atom. The Kier molecular flexibility index (Phi) is 5.82. The van der Waals surface area contributed by atoms with Crippen LogP contribution in [0.25, 0.3) is 0 Å². The fourth-order valence-corrected chi connectivity index (χ4v) is 5.87. The molecule has 2 unspecified atom stereocenters. The van der Waals surface area contributed by atoms with E-state index in [0.717, 1.165) is 6.54 Å². The van der Waals surface area contributed by atoms with Crippen molar-refractivity contribution in [2.45, 2.75) is 30.6 Å². The van der Waals surface area contributed by atoms with Gasteiger partial charge in [-0.25, -0.2) is 12.7 Å². The van der Waals surface area contributed by atoms with Gasteiger partial charge in [-0.05, 0) is 37.8 Å². The second kappa shape index (κ2) is 7.58. The number of phenols is 1. The minimum Gasteiger partial charge on any atom is -0.508 e. The minimum absolute atomic E-state index is 0.0222. The first-order valence-electron chi connectivity index (χ1n) is 8.44. The van der Waals surface area contributed by atoms with E-state index in [-0.39, 0.29) is 21.9 Å². The highest BCUT2D eigenvalue weighted by Crippen LogP contribution is 2.38. The van der Waals surface area contributed by atoms with Crippen LogP contribution >= 0.6 is 23.2 Å². The predicted molar refractivity (Wildman–Crippen MR) is 99.5 cm³/mol. The number of nitrogens with two attached hydrogens (primary N) is 1. The monoisotopic (exact) mass is 407 g/mol. The second-order valence-corrected chi connectivity index (χ2v) is 9.77. The third-order valence-corrected chi connectivity index (χ3v) is 8.28. The highest BCUT2D eigenvalue weighted by molar-refractivity contribution is 7.89. The maximum atomic E-state index is 12.7. The van der Waals surface area contributed by atoms with E-state index >= 15 is 0 Å². The van der Waals surface area contributed by atoms with Crippen LogP contribution in [0.4, 0.5) is 0 Å². The van der Waals surface area contributed by atoms with Crippen LogP contribution in [0.1, 0.15) is 30.9 Å². The smallest absolute Gasteiger partial charge is 0.218 e. The highest BCUT2D eigenvalue weighted by atomic mass is 35.5. The van der Waals surface area contributed by atoms with E-state index in [1.165, 1.54) is 6.07 Å². The van der Waals surface area contributed by atoms with Crippen LogP contribution in [-0.4, -0.2) is 49.3 Å². The first-order chi connectivity index (χ1) is 11.8. The van der Waals surface area contributed by atoms with Gasteiger partial charge in [0.15, 0.2) is 0 Å². The van der Waals surface area contributed by atoms with Crippen molar-refractivity contribution in [3.05, 3.63) is 27.7 Å². The molecular formula is C16H23Cl2N3O3S. The normalized spacial score (nSPS) is 24.5. The van der Waals surface area contributed by atoms with Crippen molar-refractivity contribution in [1.82, 2.24) is 9.62 Å². The molecule has 6 nitrogen and oxygen atoms in total. The standard InChI is InChI=1S/C16H23Cl2N3O3S/c17-13-7-12(15(22)8-14(13)18)16(19)10-2-5-21(6-3-10)25(23,24)11-1-4-20-9-11/h7-8,10-11,16,20,22H,1-6,9,19H2. The number of hydrogen-bond acceptors (Lipinski definition) is 5. The maximum absolute atomic E-state index is 12.7. The van der Waals surface area contributed by atoms with Crippen LogP contribution < -0.4 is 11.1 Å². The van der Waals surface area contributed by atoms with E-state index in [4.69, 9.17) is 28.9 Å². The van der Waals surface area contributed by atoms with Crippen LogP contribution in [0, 0.1) is 5.92 Å². The van der Waals surface area contributed by atoms with Gasteiger partial charge in [-0.2, -0.15) is 0 Å². The summed E-state index contributed by atoms with van der Waals surface area (Å²) in [6.45, 7) is 2.19. The molecule has 2 atom stereocenters. The fraction of sp³-hybridized carbons (Fsp3) is 0.625. The van der Waals surface area contributed by atoms with Crippen molar-refractivity contribution in [3.8, 4) is 5.75 Å². The molecule has 2 aliphatic rings. The number of aromatic hydroxyl groups is 1. The zero-order valence-corrected chi connectivity index (χ0v) is 16.1. The Morgan fingerprint density at radius 1 is 1.20 bits per heavy atom. The topological polar surface area (TPSA) is 95.7 Å². The summed E-state index contributed by atoms with van der Waals surface area (Å²) in [5.41, 5.74) is 6.88. The molecular weight excluding hydrogens is 385 g/mol. The summed E-state index contributed by atoms with van der Waals surface area (Å²) in [4.78, 5) is 0. The van der Waals surface area contributed by atoms with E-state index < -0.39 is 16.1 Å². The quantitative estimate of drug-likeness (QED) is 0.709. The third-order valence-electron chi connectivity index (χ3n) is 5.23. The predicted octanol–water partition coefficient (Wildman–Crippen LogP) is 2.10. The SMILES string of the molecule is NC(c1cc(Cl)c(Cl)cc1O)C1CCN(S(=O)(=O)C2CCNC2)CC1. The Morgan fingerprint density at radius 2 is 1.84 bits per heavy atom. The Hall–Kier alpha value is -0.570. The summed E-state index contributed by atoms with van der Waals surface area (Å²) in [6.07, 6.45) is 1.97. The van der Waals surface area contributed by atoms with Crippen molar-refractivity contribution in [2.75, 3.05) is 26.2 Å². The molecule has 9 heteroatoms. The first kappa shape index (κ1) is 19.2. The largest absolute Gasteiger partial charge is 0.508 e. The van der Waals surface area contributed by atoms with Gasteiger partial charge in [-0.15, -0.1) is 0 Å². The molecule has 1 aromatic carbocycles. The van der Waals surface area contributed by atoms with Gasteiger partial charge < -0.3 is 16.2 Å². The lowest BCUT2D eigenvalue weighted by Crippen LogP contribution is -2.45. The van der Waals surface area contributed by atoms with Gasteiger partial charge in [0.25, 0.3) is 0 Å². The summed E-state index contributed by atoms with van der Waals surface area (Å²) in [5, 5.41) is 13.5. The van der Waals surface area contributed by atoms with E-state index in [1.54, 1.807) is 10.4 Å². The molecule has 3 rings (SSSR count). The Balaban J connectivity index is 1.67. The average Bonchev–Trinajstić information content (AvgIpc) is 3.13. The Bertz CT molecular complexity index is 730. The molecule has 0 radical (unpaired) electrons. The molecule has 1 aromatic rings. The summed E-state index contributed by atoms with van der Waals surface area (Å²) in [6, 6.07) is 2.58. The second-order valence-electron chi connectivity index (χ2n) is 6.75. The number of rotatable bonds is 4.